The van der Waals surface area contributed by atoms with Crippen LogP contribution in [0.15, 0.2) is 35.7 Å². The van der Waals surface area contributed by atoms with Crippen molar-refractivity contribution in [3.05, 3.63) is 51.4 Å². The lowest BCUT2D eigenvalue weighted by Gasteiger charge is -2.14. The first-order valence-electron chi connectivity index (χ1n) is 7.43. The van der Waals surface area contributed by atoms with E-state index in [-0.39, 0.29) is 17.1 Å². The molecule has 2 rings (SSSR count). The number of anilines is 1. The van der Waals surface area contributed by atoms with Crippen LogP contribution in [0.5, 0.6) is 0 Å². The third-order valence-corrected chi connectivity index (χ3v) is 4.50. The molecule has 0 fully saturated rings. The summed E-state index contributed by atoms with van der Waals surface area (Å²) in [6.45, 7) is 1.48. The van der Waals surface area contributed by atoms with E-state index in [1.54, 1.807) is 11.3 Å². The number of halogens is 2. The summed E-state index contributed by atoms with van der Waals surface area (Å²) in [6.07, 6.45) is 0.753. The maximum absolute atomic E-state index is 13.0. The lowest BCUT2D eigenvalue weighted by molar-refractivity contribution is -0.153. The molecule has 0 aliphatic carbocycles. The van der Waals surface area contributed by atoms with Gasteiger partial charge in [0.15, 0.2) is 6.10 Å². The highest BCUT2D eigenvalue weighted by atomic mass is 35.5. The van der Waals surface area contributed by atoms with Crippen LogP contribution < -0.4 is 5.32 Å². The van der Waals surface area contributed by atoms with Crippen LogP contribution in [0, 0.1) is 5.82 Å². The Morgan fingerprint density at radius 3 is 2.83 bits per heavy atom. The van der Waals surface area contributed by atoms with Crippen molar-refractivity contribution in [1.82, 2.24) is 0 Å². The molecule has 0 saturated heterocycles. The molecule has 0 unspecified atom stereocenters. The standard InChI is InChI=1S/C17H17ClFNO3S/c1-11(17(22)20-15-8-7-12(19)10-14(15)18)23-16(21)6-2-4-13-5-3-9-24-13/h3,5,7-11H,2,4,6H2,1H3,(H,20,22)/t11-/m1/s1. The Morgan fingerprint density at radius 2 is 2.17 bits per heavy atom. The summed E-state index contributed by atoms with van der Waals surface area (Å²) in [6, 6.07) is 7.61. The fraction of sp³-hybridized carbons (Fsp3) is 0.294. The zero-order valence-corrected chi connectivity index (χ0v) is 14.6. The molecule has 24 heavy (non-hydrogen) atoms. The highest BCUT2D eigenvalue weighted by molar-refractivity contribution is 7.09. The second-order valence-corrected chi connectivity index (χ2v) is 6.62. The number of aryl methyl sites for hydroxylation is 1. The summed E-state index contributed by atoms with van der Waals surface area (Å²) in [4.78, 5) is 25.0. The number of rotatable bonds is 7. The SMILES string of the molecule is C[C@@H](OC(=O)CCCc1cccs1)C(=O)Nc1ccc(F)cc1Cl. The molecule has 1 aromatic carbocycles. The molecule has 4 nitrogen and oxygen atoms in total. The van der Waals surface area contributed by atoms with Gasteiger partial charge in [0.1, 0.15) is 5.82 Å². The third-order valence-electron chi connectivity index (χ3n) is 3.25. The molecule has 0 saturated carbocycles. The number of hydrogen-bond acceptors (Lipinski definition) is 4. The molecule has 1 amide bonds. The Bertz CT molecular complexity index is 706. The molecule has 1 atom stereocenters. The fourth-order valence-electron chi connectivity index (χ4n) is 2.00. The first-order valence-corrected chi connectivity index (χ1v) is 8.69. The molecule has 128 valence electrons. The molecule has 0 radical (unpaired) electrons. The lowest BCUT2D eigenvalue weighted by atomic mass is 10.2. The molecule has 0 bridgehead atoms. The highest BCUT2D eigenvalue weighted by Gasteiger charge is 2.18. The molecule has 0 aliphatic rings. The summed E-state index contributed by atoms with van der Waals surface area (Å²) in [5.74, 6) is -1.45. The number of thiophene rings is 1. The van der Waals surface area contributed by atoms with E-state index in [9.17, 15) is 14.0 Å². The zero-order chi connectivity index (χ0) is 17.5. The van der Waals surface area contributed by atoms with Gasteiger partial charge in [0, 0.05) is 11.3 Å². The fourth-order valence-corrected chi connectivity index (χ4v) is 2.96. The minimum absolute atomic E-state index is 0.0813. The summed E-state index contributed by atoms with van der Waals surface area (Å²) in [7, 11) is 0. The van der Waals surface area contributed by atoms with E-state index in [0.29, 0.717) is 6.42 Å². The normalized spacial score (nSPS) is 11.8. The number of amides is 1. The van der Waals surface area contributed by atoms with Gasteiger partial charge >= 0.3 is 5.97 Å². The summed E-state index contributed by atoms with van der Waals surface area (Å²) in [5, 5.41) is 4.58. The number of carbonyl (C=O) groups is 2. The second-order valence-electron chi connectivity index (χ2n) is 5.18. The first-order chi connectivity index (χ1) is 11.5. The molecule has 0 spiro atoms. The van der Waals surface area contributed by atoms with Gasteiger partial charge in [0.2, 0.25) is 0 Å². The quantitative estimate of drug-likeness (QED) is 0.734. The van der Waals surface area contributed by atoms with E-state index in [2.05, 4.69) is 5.32 Å². The monoisotopic (exact) mass is 369 g/mol. The van der Waals surface area contributed by atoms with E-state index in [0.717, 1.165) is 12.5 Å². The van der Waals surface area contributed by atoms with Gasteiger partial charge < -0.3 is 10.1 Å². The van der Waals surface area contributed by atoms with Crippen molar-refractivity contribution in [1.29, 1.82) is 0 Å². The van der Waals surface area contributed by atoms with Crippen LogP contribution in [0.4, 0.5) is 10.1 Å². The average Bonchev–Trinajstić information content (AvgIpc) is 3.03. The summed E-state index contributed by atoms with van der Waals surface area (Å²) < 4.78 is 18.1. The smallest absolute Gasteiger partial charge is 0.306 e. The van der Waals surface area contributed by atoms with Crippen LogP contribution in [0.2, 0.25) is 5.02 Å². The van der Waals surface area contributed by atoms with E-state index >= 15 is 0 Å². The van der Waals surface area contributed by atoms with Gasteiger partial charge in [0.25, 0.3) is 5.91 Å². The van der Waals surface area contributed by atoms with Gasteiger partial charge in [-0.2, -0.15) is 0 Å². The molecule has 1 heterocycles. The van der Waals surface area contributed by atoms with Crippen LogP contribution in [0.3, 0.4) is 0 Å². The van der Waals surface area contributed by atoms with Crippen molar-refractivity contribution in [2.24, 2.45) is 0 Å². The molecular weight excluding hydrogens is 353 g/mol. The van der Waals surface area contributed by atoms with Crippen molar-refractivity contribution in [3.8, 4) is 0 Å². The average molecular weight is 370 g/mol. The minimum atomic E-state index is -0.958. The van der Waals surface area contributed by atoms with Crippen molar-refractivity contribution < 1.29 is 18.7 Å². The van der Waals surface area contributed by atoms with Crippen molar-refractivity contribution in [2.75, 3.05) is 5.32 Å². The van der Waals surface area contributed by atoms with Gasteiger partial charge in [0.05, 0.1) is 10.7 Å². The third kappa shape index (κ3) is 5.62. The van der Waals surface area contributed by atoms with E-state index in [4.69, 9.17) is 16.3 Å². The van der Waals surface area contributed by atoms with E-state index < -0.39 is 23.8 Å². The largest absolute Gasteiger partial charge is 0.453 e. The van der Waals surface area contributed by atoms with E-state index in [1.165, 1.54) is 23.9 Å². The van der Waals surface area contributed by atoms with Crippen molar-refractivity contribution in [2.45, 2.75) is 32.3 Å². The van der Waals surface area contributed by atoms with Crippen LogP contribution in [-0.4, -0.2) is 18.0 Å². The maximum Gasteiger partial charge on any atom is 0.306 e. The molecule has 2 aromatic rings. The van der Waals surface area contributed by atoms with Crippen LogP contribution in [0.25, 0.3) is 0 Å². The summed E-state index contributed by atoms with van der Waals surface area (Å²) in [5.41, 5.74) is 0.267. The van der Waals surface area contributed by atoms with Crippen LogP contribution >= 0.6 is 22.9 Å². The number of esters is 1. The molecular formula is C17H17ClFNO3S. The number of benzene rings is 1. The molecule has 1 aromatic heterocycles. The van der Waals surface area contributed by atoms with Crippen molar-refractivity contribution >= 4 is 40.5 Å². The van der Waals surface area contributed by atoms with Crippen LogP contribution in [-0.2, 0) is 20.7 Å². The number of ether oxygens (including phenoxy) is 1. The number of nitrogens with one attached hydrogen (secondary N) is 1. The maximum atomic E-state index is 13.0. The Labute approximate surface area is 148 Å². The topological polar surface area (TPSA) is 55.4 Å². The molecule has 1 N–H and O–H groups in total. The van der Waals surface area contributed by atoms with Gasteiger partial charge in [-0.25, -0.2) is 4.39 Å². The Hall–Kier alpha value is -1.92. The van der Waals surface area contributed by atoms with Gasteiger partial charge in [-0.1, -0.05) is 17.7 Å². The Balaban J connectivity index is 1.76. The Kier molecular flexibility index (Phi) is 6.75. The first kappa shape index (κ1) is 18.4. The number of carbonyl (C=O) groups excluding carboxylic acids is 2. The van der Waals surface area contributed by atoms with Gasteiger partial charge in [-0.15, -0.1) is 11.3 Å². The molecule has 7 heteroatoms. The summed E-state index contributed by atoms with van der Waals surface area (Å²) >= 11 is 7.48. The predicted molar refractivity (Wildman–Crippen MR) is 92.9 cm³/mol. The zero-order valence-electron chi connectivity index (χ0n) is 13.1. The number of hydrogen-bond donors (Lipinski definition) is 1. The Morgan fingerprint density at radius 1 is 1.38 bits per heavy atom. The minimum Gasteiger partial charge on any atom is -0.453 e. The second kappa shape index (κ2) is 8.80. The molecule has 0 aliphatic heterocycles. The highest BCUT2D eigenvalue weighted by Crippen LogP contribution is 2.22. The van der Waals surface area contributed by atoms with Crippen LogP contribution in [0.1, 0.15) is 24.6 Å². The lowest BCUT2D eigenvalue weighted by Crippen LogP contribution is -2.30. The van der Waals surface area contributed by atoms with Crippen molar-refractivity contribution in [3.63, 3.8) is 0 Å². The van der Waals surface area contributed by atoms with E-state index in [1.807, 2.05) is 17.5 Å². The van der Waals surface area contributed by atoms with Gasteiger partial charge in [-0.3, -0.25) is 9.59 Å². The van der Waals surface area contributed by atoms with Gasteiger partial charge in [-0.05, 0) is 49.4 Å². The predicted octanol–water partition coefficient (Wildman–Crippen LogP) is 4.43.